The predicted molar refractivity (Wildman–Crippen MR) is 53.2 cm³/mol. The molecule has 0 radical (unpaired) electrons. The van der Waals surface area contributed by atoms with Gasteiger partial charge in [0.15, 0.2) is 11.5 Å². The lowest BCUT2D eigenvalue weighted by atomic mass is 10.3. The average molecular weight is 204 g/mol. The molecule has 0 aliphatic rings. The van der Waals surface area contributed by atoms with Crippen LogP contribution in [0.4, 0.5) is 5.69 Å². The second-order valence-electron chi connectivity index (χ2n) is 3.04. The summed E-state index contributed by atoms with van der Waals surface area (Å²) < 4.78 is 0. The van der Waals surface area contributed by atoms with E-state index in [4.69, 9.17) is 0 Å². The van der Waals surface area contributed by atoms with E-state index >= 15 is 0 Å². The van der Waals surface area contributed by atoms with Crippen molar-refractivity contribution in [2.45, 2.75) is 6.92 Å². The summed E-state index contributed by atoms with van der Waals surface area (Å²) in [5.41, 5.74) is 1.05. The lowest BCUT2D eigenvalue weighted by Gasteiger charge is -1.97. The largest absolute Gasteiger partial charge is 0.341 e. The highest BCUT2D eigenvalue weighted by molar-refractivity contribution is 5.62. The number of hydrogen-bond donors (Lipinski definition) is 1. The second-order valence-corrected chi connectivity index (χ2v) is 3.04. The third-order valence-corrected chi connectivity index (χ3v) is 1.91. The number of aryl methyl sites for hydroxylation is 1. The van der Waals surface area contributed by atoms with Gasteiger partial charge in [0, 0.05) is 24.2 Å². The molecule has 2 rings (SSSR count). The highest BCUT2D eigenvalue weighted by atomic mass is 16.6. The zero-order valence-corrected chi connectivity index (χ0v) is 7.97. The summed E-state index contributed by atoms with van der Waals surface area (Å²) in [7, 11) is 0. The predicted octanol–water partition coefficient (Wildman–Crippen LogP) is 1.69. The quantitative estimate of drug-likeness (QED) is 0.595. The van der Waals surface area contributed by atoms with E-state index in [1.165, 1.54) is 18.3 Å². The number of H-pyrrole nitrogens is 1. The molecule has 1 N–H and O–H groups in total. The first-order chi connectivity index (χ1) is 7.18. The van der Waals surface area contributed by atoms with Gasteiger partial charge in [-0.1, -0.05) is 0 Å². The van der Waals surface area contributed by atoms with E-state index in [0.717, 1.165) is 5.69 Å². The minimum Gasteiger partial charge on any atom is -0.341 e. The van der Waals surface area contributed by atoms with Crippen LogP contribution in [-0.2, 0) is 0 Å². The standard InChI is InChI=1S/C9H8N4O2/c1-6-5-11-9(12-6)8-7(13(14)15)3-2-4-10-8/h2-5H,1H3,(H,11,12). The molecule has 0 aromatic carbocycles. The Kier molecular flexibility index (Phi) is 2.17. The molecule has 0 fully saturated rings. The molecule has 0 unspecified atom stereocenters. The maximum atomic E-state index is 10.7. The van der Waals surface area contributed by atoms with Gasteiger partial charge in [-0.05, 0) is 13.0 Å². The van der Waals surface area contributed by atoms with Gasteiger partial charge >= 0.3 is 0 Å². The third-order valence-electron chi connectivity index (χ3n) is 1.91. The van der Waals surface area contributed by atoms with Crippen molar-refractivity contribution in [1.29, 1.82) is 0 Å². The van der Waals surface area contributed by atoms with Crippen molar-refractivity contribution in [1.82, 2.24) is 15.0 Å². The number of imidazole rings is 1. The van der Waals surface area contributed by atoms with Crippen molar-refractivity contribution in [3.63, 3.8) is 0 Å². The molecule has 6 heteroatoms. The monoisotopic (exact) mass is 204 g/mol. The van der Waals surface area contributed by atoms with Gasteiger partial charge in [0.25, 0.3) is 5.69 Å². The van der Waals surface area contributed by atoms with Gasteiger partial charge in [0.1, 0.15) is 0 Å². The molecule has 76 valence electrons. The summed E-state index contributed by atoms with van der Waals surface area (Å²) in [6, 6.07) is 2.93. The van der Waals surface area contributed by atoms with Crippen molar-refractivity contribution < 1.29 is 4.92 Å². The van der Waals surface area contributed by atoms with Crippen LogP contribution in [0.1, 0.15) is 5.69 Å². The lowest BCUT2D eigenvalue weighted by Crippen LogP contribution is -1.95. The van der Waals surface area contributed by atoms with E-state index in [1.807, 2.05) is 6.92 Å². The number of nitrogens with zero attached hydrogens (tertiary/aromatic N) is 3. The third kappa shape index (κ3) is 1.69. The van der Waals surface area contributed by atoms with Crippen LogP contribution in [0.2, 0.25) is 0 Å². The zero-order valence-electron chi connectivity index (χ0n) is 7.97. The number of pyridine rings is 1. The molecule has 6 nitrogen and oxygen atoms in total. The smallest absolute Gasteiger partial charge is 0.298 e. The van der Waals surface area contributed by atoms with E-state index in [9.17, 15) is 10.1 Å². The highest BCUT2D eigenvalue weighted by Crippen LogP contribution is 2.24. The highest BCUT2D eigenvalue weighted by Gasteiger charge is 2.17. The fraction of sp³-hybridized carbons (Fsp3) is 0.111. The maximum absolute atomic E-state index is 10.7. The van der Waals surface area contributed by atoms with Crippen LogP contribution in [0.3, 0.4) is 0 Å². The molecule has 0 aliphatic heterocycles. The van der Waals surface area contributed by atoms with Gasteiger partial charge in [-0.15, -0.1) is 0 Å². The Morgan fingerprint density at radius 2 is 2.27 bits per heavy atom. The molecule has 0 spiro atoms. The van der Waals surface area contributed by atoms with Crippen molar-refractivity contribution in [3.05, 3.63) is 40.3 Å². The average Bonchev–Trinajstić information content (AvgIpc) is 2.65. The summed E-state index contributed by atoms with van der Waals surface area (Å²) in [5.74, 6) is 0.416. The van der Waals surface area contributed by atoms with Gasteiger partial charge in [-0.2, -0.15) is 0 Å². The fourth-order valence-electron chi connectivity index (χ4n) is 1.26. The van der Waals surface area contributed by atoms with Crippen LogP contribution in [0, 0.1) is 17.0 Å². The molecule has 0 saturated heterocycles. The van der Waals surface area contributed by atoms with Crippen LogP contribution in [0.5, 0.6) is 0 Å². The Morgan fingerprint density at radius 3 is 2.87 bits per heavy atom. The SMILES string of the molecule is Cc1cnc(-c2ncccc2[N+](=O)[O-])[nH]1. The number of aromatic nitrogens is 3. The minimum absolute atomic E-state index is 0.0492. The molecule has 2 aromatic heterocycles. The molecule has 0 bridgehead atoms. The Labute approximate surface area is 85.2 Å². The summed E-state index contributed by atoms with van der Waals surface area (Å²) in [6.45, 7) is 1.82. The topological polar surface area (TPSA) is 84.7 Å². The Morgan fingerprint density at radius 1 is 1.47 bits per heavy atom. The van der Waals surface area contributed by atoms with Crippen molar-refractivity contribution in [3.8, 4) is 11.5 Å². The Balaban J connectivity index is 2.57. The summed E-state index contributed by atoms with van der Waals surface area (Å²) in [5, 5.41) is 10.7. The molecule has 0 aliphatic carbocycles. The van der Waals surface area contributed by atoms with Gasteiger partial charge in [-0.25, -0.2) is 9.97 Å². The van der Waals surface area contributed by atoms with Crippen LogP contribution >= 0.6 is 0 Å². The molecular formula is C9H8N4O2. The lowest BCUT2D eigenvalue weighted by molar-refractivity contribution is -0.384. The first-order valence-corrected chi connectivity index (χ1v) is 4.30. The summed E-state index contributed by atoms with van der Waals surface area (Å²) in [6.07, 6.45) is 3.11. The maximum Gasteiger partial charge on any atom is 0.298 e. The van der Waals surface area contributed by atoms with E-state index in [2.05, 4.69) is 15.0 Å². The number of rotatable bonds is 2. The molecule has 0 saturated carbocycles. The van der Waals surface area contributed by atoms with Gasteiger partial charge in [0.2, 0.25) is 0 Å². The van der Waals surface area contributed by atoms with Gasteiger partial charge in [-0.3, -0.25) is 10.1 Å². The van der Waals surface area contributed by atoms with Crippen molar-refractivity contribution in [2.75, 3.05) is 0 Å². The molecule has 0 atom stereocenters. The van der Waals surface area contributed by atoms with E-state index in [-0.39, 0.29) is 11.4 Å². The van der Waals surface area contributed by atoms with Gasteiger partial charge < -0.3 is 4.98 Å². The van der Waals surface area contributed by atoms with E-state index in [1.54, 1.807) is 6.20 Å². The first kappa shape index (κ1) is 9.32. The number of hydrogen-bond acceptors (Lipinski definition) is 4. The fourth-order valence-corrected chi connectivity index (χ4v) is 1.26. The summed E-state index contributed by atoms with van der Waals surface area (Å²) in [4.78, 5) is 21.1. The Bertz CT molecular complexity index is 506. The van der Waals surface area contributed by atoms with Crippen molar-refractivity contribution in [2.24, 2.45) is 0 Å². The van der Waals surface area contributed by atoms with Crippen LogP contribution < -0.4 is 0 Å². The number of nitro groups is 1. The molecular weight excluding hydrogens is 196 g/mol. The number of nitrogens with one attached hydrogen (secondary N) is 1. The first-order valence-electron chi connectivity index (χ1n) is 4.30. The second kappa shape index (κ2) is 3.49. The van der Waals surface area contributed by atoms with Crippen LogP contribution in [0.15, 0.2) is 24.5 Å². The molecule has 2 heterocycles. The van der Waals surface area contributed by atoms with Gasteiger partial charge in [0.05, 0.1) is 4.92 Å². The van der Waals surface area contributed by atoms with Crippen molar-refractivity contribution >= 4 is 5.69 Å². The number of aromatic amines is 1. The molecule has 2 aromatic rings. The molecule has 0 amide bonds. The van der Waals surface area contributed by atoms with E-state index in [0.29, 0.717) is 5.82 Å². The van der Waals surface area contributed by atoms with Crippen LogP contribution in [0.25, 0.3) is 11.5 Å². The normalized spacial score (nSPS) is 10.2. The zero-order chi connectivity index (χ0) is 10.8. The summed E-state index contributed by atoms with van der Waals surface area (Å²) >= 11 is 0. The molecule has 15 heavy (non-hydrogen) atoms. The van der Waals surface area contributed by atoms with Crippen LogP contribution in [-0.4, -0.2) is 19.9 Å². The Hall–Kier alpha value is -2.24. The minimum atomic E-state index is -0.472. The van der Waals surface area contributed by atoms with E-state index < -0.39 is 4.92 Å².